The molecule has 1 unspecified atom stereocenters. The third kappa shape index (κ3) is 3.08. The molecule has 0 aliphatic carbocycles. The second kappa shape index (κ2) is 6.19. The number of nitrogens with zero attached hydrogens (tertiary/aromatic N) is 2. The number of hydrogen-bond acceptors (Lipinski definition) is 4. The number of nitrogens with one attached hydrogen (secondary N) is 1. The molecule has 0 aromatic heterocycles. The van der Waals surface area contributed by atoms with E-state index >= 15 is 0 Å². The molecular weight excluding hydrogens is 282 g/mol. The molecule has 1 saturated heterocycles. The fourth-order valence-electron chi connectivity index (χ4n) is 2.51. The summed E-state index contributed by atoms with van der Waals surface area (Å²) in [5.41, 5.74) is 0.691. The average molecular weight is 298 g/mol. The highest BCUT2D eigenvalue weighted by Crippen LogP contribution is 2.27. The first-order valence-corrected chi connectivity index (χ1v) is 6.79. The Morgan fingerprint density at radius 1 is 1.60 bits per heavy atom. The SMILES string of the molecule is CNC(=O)C1CCCN1Cc1ccc(Cl)c([N+](=O)[O-])c1. The Labute approximate surface area is 121 Å². The predicted octanol–water partition coefficient (Wildman–Crippen LogP) is 1.96. The van der Waals surface area contributed by atoms with Gasteiger partial charge in [-0.3, -0.25) is 19.8 Å². The van der Waals surface area contributed by atoms with E-state index in [1.165, 1.54) is 12.1 Å². The molecule has 2 rings (SSSR count). The van der Waals surface area contributed by atoms with Crippen molar-refractivity contribution in [3.63, 3.8) is 0 Å². The number of likely N-dealkylation sites (N-methyl/N-ethyl adjacent to an activating group) is 1. The number of nitro benzene ring substituents is 1. The highest BCUT2D eigenvalue weighted by Gasteiger charge is 2.30. The minimum absolute atomic E-state index is 0.00837. The molecule has 6 nitrogen and oxygen atoms in total. The predicted molar refractivity (Wildman–Crippen MR) is 75.6 cm³/mol. The summed E-state index contributed by atoms with van der Waals surface area (Å²) in [4.78, 5) is 24.2. The van der Waals surface area contributed by atoms with Gasteiger partial charge in [-0.25, -0.2) is 0 Å². The third-order valence-electron chi connectivity index (χ3n) is 3.51. The highest BCUT2D eigenvalue weighted by molar-refractivity contribution is 6.32. The fourth-order valence-corrected chi connectivity index (χ4v) is 2.70. The van der Waals surface area contributed by atoms with Crippen molar-refractivity contribution in [2.24, 2.45) is 0 Å². The van der Waals surface area contributed by atoms with Crippen LogP contribution in [0.4, 0.5) is 5.69 Å². The molecular formula is C13H16ClN3O3. The Balaban J connectivity index is 2.15. The van der Waals surface area contributed by atoms with Crippen LogP contribution in [0.25, 0.3) is 0 Å². The number of hydrogen-bond donors (Lipinski definition) is 1. The first-order valence-electron chi connectivity index (χ1n) is 6.41. The summed E-state index contributed by atoms with van der Waals surface area (Å²) in [6.45, 7) is 1.32. The zero-order valence-electron chi connectivity index (χ0n) is 11.1. The van der Waals surface area contributed by atoms with Crippen molar-refractivity contribution in [3.05, 3.63) is 38.9 Å². The molecule has 1 atom stereocenters. The maximum absolute atomic E-state index is 11.8. The summed E-state index contributed by atoms with van der Waals surface area (Å²) in [6, 6.07) is 4.60. The van der Waals surface area contributed by atoms with Crippen LogP contribution >= 0.6 is 11.6 Å². The smallest absolute Gasteiger partial charge is 0.288 e. The minimum Gasteiger partial charge on any atom is -0.358 e. The summed E-state index contributed by atoms with van der Waals surface area (Å²) in [5, 5.41) is 13.7. The Kier molecular flexibility index (Phi) is 4.57. The number of carbonyl (C=O) groups excluding carboxylic acids is 1. The van der Waals surface area contributed by atoms with Gasteiger partial charge in [-0.15, -0.1) is 0 Å². The lowest BCUT2D eigenvalue weighted by atomic mass is 10.1. The van der Waals surface area contributed by atoms with E-state index in [9.17, 15) is 14.9 Å². The molecule has 1 aliphatic rings. The standard InChI is InChI=1S/C13H16ClN3O3/c1-15-13(18)11-3-2-6-16(11)8-9-4-5-10(14)12(7-9)17(19)20/h4-5,7,11H,2-3,6,8H2,1H3,(H,15,18). The fraction of sp³-hybridized carbons (Fsp3) is 0.462. The Morgan fingerprint density at radius 3 is 3.00 bits per heavy atom. The van der Waals surface area contributed by atoms with E-state index in [0.29, 0.717) is 6.54 Å². The van der Waals surface area contributed by atoms with Crippen LogP contribution < -0.4 is 5.32 Å². The lowest BCUT2D eigenvalue weighted by Gasteiger charge is -2.22. The van der Waals surface area contributed by atoms with Gasteiger partial charge in [-0.05, 0) is 31.0 Å². The second-order valence-corrected chi connectivity index (χ2v) is 5.19. The molecule has 1 N–H and O–H groups in total. The van der Waals surface area contributed by atoms with Gasteiger partial charge in [0.2, 0.25) is 5.91 Å². The summed E-state index contributed by atoms with van der Waals surface area (Å²) in [6.07, 6.45) is 1.77. The van der Waals surface area contributed by atoms with Crippen LogP contribution in [-0.4, -0.2) is 35.4 Å². The first-order chi connectivity index (χ1) is 9.52. The number of benzene rings is 1. The Bertz CT molecular complexity index is 536. The second-order valence-electron chi connectivity index (χ2n) is 4.79. The summed E-state index contributed by atoms with van der Waals surface area (Å²) in [7, 11) is 1.62. The van der Waals surface area contributed by atoms with Gasteiger partial charge < -0.3 is 5.32 Å². The number of nitro groups is 1. The van der Waals surface area contributed by atoms with Gasteiger partial charge in [0, 0.05) is 19.7 Å². The van der Waals surface area contributed by atoms with Gasteiger partial charge in [0.1, 0.15) is 5.02 Å². The summed E-state index contributed by atoms with van der Waals surface area (Å²) < 4.78 is 0. The van der Waals surface area contributed by atoms with Gasteiger partial charge >= 0.3 is 0 Å². The van der Waals surface area contributed by atoms with Crippen molar-refractivity contribution in [2.45, 2.75) is 25.4 Å². The topological polar surface area (TPSA) is 75.5 Å². The molecule has 1 aromatic carbocycles. The van der Waals surface area contributed by atoms with Crippen molar-refractivity contribution in [1.29, 1.82) is 0 Å². The molecule has 1 aliphatic heterocycles. The van der Waals surface area contributed by atoms with Crippen LogP contribution in [0, 0.1) is 10.1 Å². The third-order valence-corrected chi connectivity index (χ3v) is 3.83. The van der Waals surface area contributed by atoms with E-state index in [-0.39, 0.29) is 22.7 Å². The molecule has 0 bridgehead atoms. The van der Waals surface area contributed by atoms with E-state index < -0.39 is 4.92 Å². The van der Waals surface area contributed by atoms with Crippen LogP contribution in [0.15, 0.2) is 18.2 Å². The maximum atomic E-state index is 11.8. The van der Waals surface area contributed by atoms with Gasteiger partial charge in [0.05, 0.1) is 11.0 Å². The molecule has 1 fully saturated rings. The number of likely N-dealkylation sites (tertiary alicyclic amines) is 1. The molecule has 1 aromatic rings. The molecule has 1 amide bonds. The van der Waals surface area contributed by atoms with Crippen LogP contribution in [0.1, 0.15) is 18.4 Å². The largest absolute Gasteiger partial charge is 0.358 e. The number of rotatable bonds is 4. The Morgan fingerprint density at radius 2 is 2.35 bits per heavy atom. The van der Waals surface area contributed by atoms with E-state index in [1.807, 2.05) is 4.90 Å². The zero-order valence-corrected chi connectivity index (χ0v) is 11.9. The van der Waals surface area contributed by atoms with Crippen molar-refractivity contribution in [3.8, 4) is 0 Å². The zero-order chi connectivity index (χ0) is 14.7. The van der Waals surface area contributed by atoms with Gasteiger partial charge in [0.15, 0.2) is 0 Å². The highest BCUT2D eigenvalue weighted by atomic mass is 35.5. The van der Waals surface area contributed by atoms with Crippen molar-refractivity contribution >= 4 is 23.2 Å². The van der Waals surface area contributed by atoms with Crippen molar-refractivity contribution < 1.29 is 9.72 Å². The van der Waals surface area contributed by atoms with Crippen LogP contribution in [0.5, 0.6) is 0 Å². The normalized spacial score (nSPS) is 19.0. The van der Waals surface area contributed by atoms with E-state index in [0.717, 1.165) is 24.9 Å². The Hall–Kier alpha value is -1.66. The molecule has 7 heteroatoms. The van der Waals surface area contributed by atoms with Crippen LogP contribution in [-0.2, 0) is 11.3 Å². The molecule has 108 valence electrons. The van der Waals surface area contributed by atoms with Crippen LogP contribution in [0.2, 0.25) is 5.02 Å². The summed E-state index contributed by atoms with van der Waals surface area (Å²) in [5.74, 6) is -0.00837. The number of halogens is 1. The van der Waals surface area contributed by atoms with Gasteiger partial charge in [-0.1, -0.05) is 17.7 Å². The van der Waals surface area contributed by atoms with E-state index in [2.05, 4.69) is 5.32 Å². The lowest BCUT2D eigenvalue weighted by Crippen LogP contribution is -2.41. The molecule has 20 heavy (non-hydrogen) atoms. The number of carbonyl (C=O) groups is 1. The molecule has 0 saturated carbocycles. The number of amides is 1. The quantitative estimate of drug-likeness (QED) is 0.681. The van der Waals surface area contributed by atoms with Crippen molar-refractivity contribution in [1.82, 2.24) is 10.2 Å². The molecule has 0 radical (unpaired) electrons. The van der Waals surface area contributed by atoms with Crippen molar-refractivity contribution in [2.75, 3.05) is 13.6 Å². The average Bonchev–Trinajstić information content (AvgIpc) is 2.88. The molecule has 0 spiro atoms. The van der Waals surface area contributed by atoms with E-state index in [1.54, 1.807) is 13.1 Å². The van der Waals surface area contributed by atoms with E-state index in [4.69, 9.17) is 11.6 Å². The van der Waals surface area contributed by atoms with Crippen LogP contribution in [0.3, 0.4) is 0 Å². The lowest BCUT2D eigenvalue weighted by molar-refractivity contribution is -0.384. The van der Waals surface area contributed by atoms with Gasteiger partial charge in [0.25, 0.3) is 5.69 Å². The monoisotopic (exact) mass is 297 g/mol. The summed E-state index contributed by atoms with van der Waals surface area (Å²) >= 11 is 5.79. The van der Waals surface area contributed by atoms with Gasteiger partial charge in [-0.2, -0.15) is 0 Å². The first kappa shape index (κ1) is 14.7. The molecule has 1 heterocycles. The maximum Gasteiger partial charge on any atom is 0.288 e. The minimum atomic E-state index is -0.494.